The fourth-order valence-corrected chi connectivity index (χ4v) is 5.74. The van der Waals surface area contributed by atoms with Crippen LogP contribution in [0, 0.1) is 0 Å². The van der Waals surface area contributed by atoms with Crippen molar-refractivity contribution < 1.29 is 14.3 Å². The zero-order valence-corrected chi connectivity index (χ0v) is 22.5. The molecular weight excluding hydrogens is 513 g/mol. The molecule has 0 bridgehead atoms. The molecule has 1 aliphatic heterocycles. The van der Waals surface area contributed by atoms with Crippen LogP contribution < -0.4 is 11.5 Å². The molecule has 37 heavy (non-hydrogen) atoms. The Hall–Kier alpha value is -2.65. The Morgan fingerprint density at radius 3 is 2.76 bits per heavy atom. The number of piperidine rings is 1. The van der Waals surface area contributed by atoms with Gasteiger partial charge in [0.2, 0.25) is 5.91 Å². The number of primary amides is 1. The average molecular weight is 546 g/mol. The number of halogens is 2. The predicted molar refractivity (Wildman–Crippen MR) is 146 cm³/mol. The van der Waals surface area contributed by atoms with Crippen LogP contribution in [0.5, 0.6) is 0 Å². The van der Waals surface area contributed by atoms with Gasteiger partial charge in [-0.05, 0) is 49.4 Å². The number of nitrogens with two attached hydrogens (primary N) is 2. The van der Waals surface area contributed by atoms with Gasteiger partial charge in [0.25, 0.3) is 5.91 Å². The Bertz CT molecular complexity index is 1280. The topological polar surface area (TPSA) is 116 Å². The van der Waals surface area contributed by atoms with Crippen molar-refractivity contribution in [3.05, 3.63) is 63.4 Å². The van der Waals surface area contributed by atoms with Gasteiger partial charge >= 0.3 is 0 Å². The molecule has 4 rings (SSSR count). The van der Waals surface area contributed by atoms with E-state index in [2.05, 4.69) is 10.6 Å². The number of carbonyl (C=O) groups excluding carboxylic acids is 2. The largest absolute Gasteiger partial charge is 0.385 e. The van der Waals surface area contributed by atoms with Gasteiger partial charge in [-0.2, -0.15) is 0 Å². The van der Waals surface area contributed by atoms with Crippen LogP contribution in [0.3, 0.4) is 0 Å². The number of amides is 2. The number of hydrogen-bond acceptors (Lipinski definition) is 5. The Balaban J connectivity index is 1.45. The monoisotopic (exact) mass is 545 g/mol. The number of hydrogen-bond donors (Lipinski definition) is 2. The smallest absolute Gasteiger partial charge is 0.251 e. The summed E-state index contributed by atoms with van der Waals surface area (Å²) in [6.07, 6.45) is 3.26. The second-order valence-electron chi connectivity index (χ2n) is 9.56. The lowest BCUT2D eigenvalue weighted by Gasteiger charge is -2.33. The van der Waals surface area contributed by atoms with Crippen molar-refractivity contribution in [2.24, 2.45) is 11.5 Å². The van der Waals surface area contributed by atoms with Crippen LogP contribution in [-0.2, 0) is 22.5 Å². The number of ether oxygens (including phenoxy) is 1. The quantitative estimate of drug-likeness (QED) is 0.371. The molecule has 1 fully saturated rings. The lowest BCUT2D eigenvalue weighted by atomic mass is 9.95. The van der Waals surface area contributed by atoms with Gasteiger partial charge in [0, 0.05) is 51.7 Å². The Morgan fingerprint density at radius 1 is 1.22 bits per heavy atom. The molecule has 8 nitrogen and oxygen atoms in total. The third-order valence-electron chi connectivity index (χ3n) is 6.89. The highest BCUT2D eigenvalue weighted by atomic mass is 35.5. The van der Waals surface area contributed by atoms with Gasteiger partial charge in [-0.1, -0.05) is 41.4 Å². The van der Waals surface area contributed by atoms with Crippen molar-refractivity contribution in [2.45, 2.75) is 50.6 Å². The number of carbonyl (C=O) groups is 2. The second kappa shape index (κ2) is 12.3. The van der Waals surface area contributed by atoms with Crippen LogP contribution in [-0.4, -0.2) is 59.1 Å². The molecular formula is C27H33Cl2N5O3. The number of aromatic nitrogens is 2. The predicted octanol–water partition coefficient (Wildman–Crippen LogP) is 4.14. The van der Waals surface area contributed by atoms with Crippen LogP contribution in [0.25, 0.3) is 11.0 Å². The van der Waals surface area contributed by atoms with Gasteiger partial charge < -0.3 is 25.7 Å². The zero-order chi connectivity index (χ0) is 26.5. The summed E-state index contributed by atoms with van der Waals surface area (Å²) in [4.78, 5) is 31.8. The number of likely N-dealkylation sites (tertiary alicyclic amines) is 1. The van der Waals surface area contributed by atoms with Crippen molar-refractivity contribution in [3.8, 4) is 0 Å². The highest BCUT2D eigenvalue weighted by Gasteiger charge is 2.29. The second-order valence-corrected chi connectivity index (χ2v) is 10.3. The van der Waals surface area contributed by atoms with Crippen LogP contribution >= 0.6 is 23.2 Å². The molecule has 0 aliphatic carbocycles. The summed E-state index contributed by atoms with van der Waals surface area (Å²) < 4.78 is 7.54. The first-order valence-corrected chi connectivity index (χ1v) is 13.3. The maximum atomic E-state index is 13.2. The molecule has 1 saturated heterocycles. The number of fused-ring (bicyclic) bond motifs is 1. The normalized spacial score (nSPS) is 16.8. The molecule has 2 amide bonds. The first kappa shape index (κ1) is 27.4. The summed E-state index contributed by atoms with van der Waals surface area (Å²) in [6, 6.07) is 11.0. The van der Waals surface area contributed by atoms with E-state index in [9.17, 15) is 9.59 Å². The summed E-state index contributed by atoms with van der Waals surface area (Å²) in [5.74, 6) is 0.465. The molecule has 0 radical (unpaired) electrons. The molecule has 0 spiro atoms. The number of rotatable bonds is 10. The molecule has 0 unspecified atom stereocenters. The molecule has 3 aromatic rings. The molecule has 2 heterocycles. The molecule has 4 N–H and O–H groups in total. The fraction of sp³-hybridized carbons (Fsp3) is 0.444. The van der Waals surface area contributed by atoms with Crippen LogP contribution in [0.1, 0.15) is 53.3 Å². The van der Waals surface area contributed by atoms with Crippen LogP contribution in [0.2, 0.25) is 10.0 Å². The van der Waals surface area contributed by atoms with Gasteiger partial charge in [-0.25, -0.2) is 4.98 Å². The van der Waals surface area contributed by atoms with E-state index in [1.807, 2.05) is 23.1 Å². The average Bonchev–Trinajstić information content (AvgIpc) is 3.24. The van der Waals surface area contributed by atoms with Crippen molar-refractivity contribution in [3.63, 3.8) is 0 Å². The zero-order valence-electron chi connectivity index (χ0n) is 21.0. The first-order valence-electron chi connectivity index (χ1n) is 12.5. The minimum atomic E-state index is -0.700. The lowest BCUT2D eigenvalue weighted by Crippen LogP contribution is -2.42. The summed E-state index contributed by atoms with van der Waals surface area (Å²) in [5.41, 5.74) is 14.6. The Labute approximate surface area is 226 Å². The van der Waals surface area contributed by atoms with Crippen molar-refractivity contribution in [1.82, 2.24) is 14.5 Å². The molecule has 198 valence electrons. The van der Waals surface area contributed by atoms with E-state index in [-0.39, 0.29) is 33.9 Å². The highest BCUT2D eigenvalue weighted by molar-refractivity contribution is 6.40. The fourth-order valence-electron chi connectivity index (χ4n) is 5.11. The molecule has 2 aromatic carbocycles. The van der Waals surface area contributed by atoms with E-state index in [1.165, 1.54) is 0 Å². The minimum absolute atomic E-state index is 0.000505. The number of para-hydroxylation sites is 2. The van der Waals surface area contributed by atoms with Gasteiger partial charge in [0.05, 0.1) is 26.6 Å². The van der Waals surface area contributed by atoms with E-state index >= 15 is 0 Å². The third kappa shape index (κ3) is 6.26. The molecule has 2 atom stereocenters. The van der Waals surface area contributed by atoms with E-state index in [1.54, 1.807) is 19.2 Å². The maximum absolute atomic E-state index is 13.2. The summed E-state index contributed by atoms with van der Waals surface area (Å²) in [5, 5.41) is 0.381. The minimum Gasteiger partial charge on any atom is -0.385 e. The highest BCUT2D eigenvalue weighted by Crippen LogP contribution is 2.31. The maximum Gasteiger partial charge on any atom is 0.251 e. The Morgan fingerprint density at radius 2 is 2.00 bits per heavy atom. The van der Waals surface area contributed by atoms with Gasteiger partial charge in [-0.15, -0.1) is 0 Å². The van der Waals surface area contributed by atoms with Gasteiger partial charge in [-0.3, -0.25) is 9.59 Å². The van der Waals surface area contributed by atoms with E-state index in [0.29, 0.717) is 31.7 Å². The lowest BCUT2D eigenvalue weighted by molar-refractivity contribution is -0.132. The third-order valence-corrected chi connectivity index (χ3v) is 7.64. The van der Waals surface area contributed by atoms with Crippen molar-refractivity contribution in [1.29, 1.82) is 0 Å². The van der Waals surface area contributed by atoms with E-state index < -0.39 is 11.9 Å². The molecule has 1 aromatic heterocycles. The summed E-state index contributed by atoms with van der Waals surface area (Å²) in [7, 11) is 1.71. The van der Waals surface area contributed by atoms with Crippen LogP contribution in [0.4, 0.5) is 0 Å². The van der Waals surface area contributed by atoms with Crippen molar-refractivity contribution in [2.75, 3.05) is 26.8 Å². The van der Waals surface area contributed by atoms with Crippen molar-refractivity contribution >= 4 is 46.0 Å². The number of aryl methyl sites for hydroxylation is 1. The molecule has 10 heteroatoms. The van der Waals surface area contributed by atoms with Crippen LogP contribution in [0.15, 0.2) is 36.4 Å². The molecule has 1 aliphatic rings. The number of nitrogens with zero attached hydrogens (tertiary/aromatic N) is 3. The van der Waals surface area contributed by atoms with Gasteiger partial charge in [0.15, 0.2) is 0 Å². The Kier molecular flexibility index (Phi) is 9.08. The summed E-state index contributed by atoms with van der Waals surface area (Å²) in [6.45, 7) is 2.79. The standard InChI is InChI=1S/C27H33Cl2N5O3/c1-37-13-5-12-34-22-8-3-2-7-21(22)32-27(34)18-6-4-11-33(16-18)23(35)15-19(30)14-17-9-10-20(28)24(25(17)29)26(31)36/h2-3,7-10,18-19H,4-6,11-16,30H2,1H3,(H2,31,36)/t18-,19+/m1/s1. The summed E-state index contributed by atoms with van der Waals surface area (Å²) >= 11 is 12.4. The first-order chi connectivity index (χ1) is 17.8. The number of benzene rings is 2. The SMILES string of the molecule is COCCCn1c([C@@H]2CCCN(C(=O)C[C@@H](N)Cc3ccc(Cl)c(C(N)=O)c3Cl)C2)nc2ccccc21. The number of imidazole rings is 1. The molecule has 0 saturated carbocycles. The van der Waals surface area contributed by atoms with E-state index in [4.69, 9.17) is 44.4 Å². The van der Waals surface area contributed by atoms with E-state index in [0.717, 1.165) is 42.7 Å². The van der Waals surface area contributed by atoms with Gasteiger partial charge in [0.1, 0.15) is 5.82 Å². The number of methoxy groups -OCH3 is 1.